The molecule has 8 heteroatoms. The van der Waals surface area contributed by atoms with Crippen molar-refractivity contribution in [2.45, 2.75) is 13.3 Å². The van der Waals surface area contributed by atoms with Crippen molar-refractivity contribution in [1.29, 1.82) is 0 Å². The summed E-state index contributed by atoms with van der Waals surface area (Å²) < 4.78 is 0. The summed E-state index contributed by atoms with van der Waals surface area (Å²) in [5.74, 6) is -1.36. The van der Waals surface area contributed by atoms with Crippen LogP contribution in [-0.2, 0) is 4.79 Å². The van der Waals surface area contributed by atoms with Gasteiger partial charge in [-0.25, -0.2) is 0 Å². The van der Waals surface area contributed by atoms with Gasteiger partial charge >= 0.3 is 5.97 Å². The highest BCUT2D eigenvalue weighted by Gasteiger charge is 2.16. The first kappa shape index (κ1) is 15.4. The molecule has 1 rings (SSSR count). The largest absolute Gasteiger partial charge is 0.481 e. The number of nitrogens with one attached hydrogen (secondary N) is 2. The van der Waals surface area contributed by atoms with Crippen LogP contribution in [0.3, 0.4) is 0 Å². The standard InChI is InChI=1S/C12H15N3O5/c1-2-13-12(18)8-3-4-10(15(19)20)9(7-8)14-6-5-11(16)17/h3-4,7,14H,2,5-6H2,1H3,(H,13,18)(H,16,17). The van der Waals surface area contributed by atoms with Crippen LogP contribution in [0, 0.1) is 10.1 Å². The molecule has 0 aromatic heterocycles. The van der Waals surface area contributed by atoms with Gasteiger partial charge in [-0.15, -0.1) is 0 Å². The first-order valence-electron chi connectivity index (χ1n) is 5.98. The highest BCUT2D eigenvalue weighted by Crippen LogP contribution is 2.25. The van der Waals surface area contributed by atoms with Crippen LogP contribution in [0.1, 0.15) is 23.7 Å². The second kappa shape index (κ2) is 7.07. The van der Waals surface area contributed by atoms with Gasteiger partial charge in [0.05, 0.1) is 11.3 Å². The van der Waals surface area contributed by atoms with E-state index in [1.54, 1.807) is 6.92 Å². The monoisotopic (exact) mass is 281 g/mol. The highest BCUT2D eigenvalue weighted by molar-refractivity contribution is 5.95. The van der Waals surface area contributed by atoms with Crippen LogP contribution in [0.15, 0.2) is 18.2 Å². The van der Waals surface area contributed by atoms with E-state index in [2.05, 4.69) is 10.6 Å². The highest BCUT2D eigenvalue weighted by atomic mass is 16.6. The molecule has 108 valence electrons. The maximum Gasteiger partial charge on any atom is 0.305 e. The van der Waals surface area contributed by atoms with Gasteiger partial charge in [0.1, 0.15) is 5.69 Å². The summed E-state index contributed by atoms with van der Waals surface area (Å²) in [5.41, 5.74) is 0.193. The van der Waals surface area contributed by atoms with Crippen LogP contribution >= 0.6 is 0 Å². The Bertz CT molecular complexity index is 530. The predicted molar refractivity (Wildman–Crippen MR) is 71.8 cm³/mol. The van der Waals surface area contributed by atoms with E-state index in [-0.39, 0.29) is 35.8 Å². The molecule has 0 spiro atoms. The number of nitro benzene ring substituents is 1. The van der Waals surface area contributed by atoms with Crippen LogP contribution in [0.25, 0.3) is 0 Å². The number of amides is 1. The topological polar surface area (TPSA) is 122 Å². The second-order valence-corrected chi connectivity index (χ2v) is 3.92. The summed E-state index contributed by atoms with van der Waals surface area (Å²) >= 11 is 0. The first-order chi connectivity index (χ1) is 9.45. The van der Waals surface area contributed by atoms with Crippen LogP contribution in [0.2, 0.25) is 0 Å². The molecule has 3 N–H and O–H groups in total. The predicted octanol–water partition coefficient (Wildman–Crippen LogP) is 1.23. The van der Waals surface area contributed by atoms with Crippen LogP contribution in [0.5, 0.6) is 0 Å². The number of rotatable bonds is 7. The molecule has 0 heterocycles. The molecule has 0 aliphatic carbocycles. The Morgan fingerprint density at radius 2 is 2.10 bits per heavy atom. The van der Waals surface area contributed by atoms with Gasteiger partial charge in [-0.05, 0) is 19.1 Å². The number of nitrogens with zero attached hydrogens (tertiary/aromatic N) is 1. The fraction of sp³-hybridized carbons (Fsp3) is 0.333. The lowest BCUT2D eigenvalue weighted by Gasteiger charge is -2.08. The lowest BCUT2D eigenvalue weighted by molar-refractivity contribution is -0.384. The number of hydrogen-bond acceptors (Lipinski definition) is 5. The molecule has 0 aliphatic heterocycles. The number of carbonyl (C=O) groups excluding carboxylic acids is 1. The molecule has 1 amide bonds. The third-order valence-corrected chi connectivity index (χ3v) is 2.45. The Morgan fingerprint density at radius 1 is 1.40 bits per heavy atom. The molecule has 0 saturated carbocycles. The van der Waals surface area contributed by atoms with Crippen LogP contribution in [-0.4, -0.2) is 35.0 Å². The molecular formula is C12H15N3O5. The smallest absolute Gasteiger partial charge is 0.305 e. The summed E-state index contributed by atoms with van der Waals surface area (Å²) in [6.07, 6.45) is -0.178. The number of carboxylic acids is 1. The van der Waals surface area contributed by atoms with Crippen molar-refractivity contribution in [2.75, 3.05) is 18.4 Å². The summed E-state index contributed by atoms with van der Waals surface area (Å²) in [6, 6.07) is 3.91. The van der Waals surface area contributed by atoms with Crippen molar-refractivity contribution >= 4 is 23.3 Å². The fourth-order valence-electron chi connectivity index (χ4n) is 1.54. The number of anilines is 1. The normalized spacial score (nSPS) is 9.85. The molecule has 8 nitrogen and oxygen atoms in total. The zero-order chi connectivity index (χ0) is 15.1. The van der Waals surface area contributed by atoms with Crippen molar-refractivity contribution in [2.24, 2.45) is 0 Å². The zero-order valence-electron chi connectivity index (χ0n) is 10.9. The van der Waals surface area contributed by atoms with E-state index in [0.29, 0.717) is 6.54 Å². The van der Waals surface area contributed by atoms with Crippen molar-refractivity contribution in [3.8, 4) is 0 Å². The number of aliphatic carboxylic acids is 1. The summed E-state index contributed by atoms with van der Waals surface area (Å²) in [6.45, 7) is 2.24. The van der Waals surface area contributed by atoms with Crippen molar-refractivity contribution in [3.05, 3.63) is 33.9 Å². The number of nitro groups is 1. The third-order valence-electron chi connectivity index (χ3n) is 2.45. The van der Waals surface area contributed by atoms with E-state index >= 15 is 0 Å². The van der Waals surface area contributed by atoms with E-state index in [1.165, 1.54) is 18.2 Å². The van der Waals surface area contributed by atoms with Gasteiger partial charge in [0.2, 0.25) is 0 Å². The van der Waals surface area contributed by atoms with E-state index < -0.39 is 10.9 Å². The minimum absolute atomic E-state index is 0.0367. The second-order valence-electron chi connectivity index (χ2n) is 3.92. The molecule has 1 aromatic carbocycles. The SMILES string of the molecule is CCNC(=O)c1ccc([N+](=O)[O-])c(NCCC(=O)O)c1. The zero-order valence-corrected chi connectivity index (χ0v) is 10.9. The Morgan fingerprint density at radius 3 is 2.65 bits per heavy atom. The van der Waals surface area contributed by atoms with Crippen LogP contribution in [0.4, 0.5) is 11.4 Å². The Kier molecular flexibility index (Phi) is 5.45. The number of carbonyl (C=O) groups is 2. The fourth-order valence-corrected chi connectivity index (χ4v) is 1.54. The van der Waals surface area contributed by atoms with Crippen LogP contribution < -0.4 is 10.6 Å². The van der Waals surface area contributed by atoms with Gasteiger partial charge < -0.3 is 15.7 Å². The average Bonchev–Trinajstić information content (AvgIpc) is 2.38. The van der Waals surface area contributed by atoms with E-state index in [4.69, 9.17) is 5.11 Å². The summed E-state index contributed by atoms with van der Waals surface area (Å²) in [5, 5.41) is 24.7. The molecular weight excluding hydrogens is 266 g/mol. The van der Waals surface area contributed by atoms with E-state index in [1.807, 2.05) is 0 Å². The first-order valence-corrected chi connectivity index (χ1v) is 5.98. The van der Waals surface area contributed by atoms with Gasteiger partial charge in [0, 0.05) is 24.7 Å². The average molecular weight is 281 g/mol. The molecule has 20 heavy (non-hydrogen) atoms. The van der Waals surface area contributed by atoms with Gasteiger partial charge in [0.15, 0.2) is 0 Å². The molecule has 0 saturated heterocycles. The van der Waals surface area contributed by atoms with E-state index in [0.717, 1.165) is 0 Å². The maximum atomic E-state index is 11.7. The Hall–Kier alpha value is -2.64. The lowest BCUT2D eigenvalue weighted by Crippen LogP contribution is -2.22. The molecule has 0 radical (unpaired) electrons. The third kappa shape index (κ3) is 4.23. The summed E-state index contributed by atoms with van der Waals surface area (Å²) in [4.78, 5) is 32.4. The Labute approximate surface area is 114 Å². The number of benzene rings is 1. The minimum atomic E-state index is -1.01. The van der Waals surface area contributed by atoms with Crippen molar-refractivity contribution in [3.63, 3.8) is 0 Å². The van der Waals surface area contributed by atoms with Crippen molar-refractivity contribution < 1.29 is 19.6 Å². The number of carboxylic acid groups (broad SMARTS) is 1. The van der Waals surface area contributed by atoms with Gasteiger partial charge in [-0.3, -0.25) is 19.7 Å². The molecule has 0 aliphatic rings. The molecule has 0 atom stereocenters. The molecule has 0 fully saturated rings. The van der Waals surface area contributed by atoms with Gasteiger partial charge in [-0.2, -0.15) is 0 Å². The Balaban J connectivity index is 2.96. The number of hydrogen-bond donors (Lipinski definition) is 3. The van der Waals surface area contributed by atoms with Crippen molar-refractivity contribution in [1.82, 2.24) is 5.32 Å². The maximum absolute atomic E-state index is 11.7. The summed E-state index contributed by atoms with van der Waals surface area (Å²) in [7, 11) is 0. The molecule has 1 aromatic rings. The molecule has 0 unspecified atom stereocenters. The lowest BCUT2D eigenvalue weighted by atomic mass is 10.1. The van der Waals surface area contributed by atoms with Gasteiger partial charge in [0.25, 0.3) is 11.6 Å². The molecule has 0 bridgehead atoms. The minimum Gasteiger partial charge on any atom is -0.481 e. The quantitative estimate of drug-likeness (QED) is 0.510. The van der Waals surface area contributed by atoms with E-state index in [9.17, 15) is 19.7 Å². The van der Waals surface area contributed by atoms with Gasteiger partial charge in [-0.1, -0.05) is 0 Å².